The SMILES string of the molecule is COc1ccc(OC)c([C@H](O)c2ccsc2)c1. The van der Waals surface area contributed by atoms with Crippen LogP contribution in [-0.2, 0) is 0 Å². The molecule has 0 bridgehead atoms. The van der Waals surface area contributed by atoms with E-state index in [0.717, 1.165) is 5.56 Å². The predicted octanol–water partition coefficient (Wildman–Crippen LogP) is 2.85. The molecule has 2 aromatic rings. The predicted molar refractivity (Wildman–Crippen MR) is 67.9 cm³/mol. The summed E-state index contributed by atoms with van der Waals surface area (Å²) in [4.78, 5) is 0. The highest BCUT2D eigenvalue weighted by atomic mass is 32.1. The Balaban J connectivity index is 2.41. The number of methoxy groups -OCH3 is 2. The Morgan fingerprint density at radius 3 is 2.59 bits per heavy atom. The molecule has 90 valence electrons. The van der Waals surface area contributed by atoms with Crippen LogP contribution in [0.15, 0.2) is 35.0 Å². The van der Waals surface area contributed by atoms with Crippen LogP contribution in [0.4, 0.5) is 0 Å². The monoisotopic (exact) mass is 250 g/mol. The van der Waals surface area contributed by atoms with E-state index in [2.05, 4.69) is 0 Å². The third-order valence-corrected chi connectivity index (χ3v) is 3.29. The van der Waals surface area contributed by atoms with E-state index in [1.165, 1.54) is 0 Å². The summed E-state index contributed by atoms with van der Waals surface area (Å²) in [5.74, 6) is 1.36. The molecule has 0 radical (unpaired) electrons. The van der Waals surface area contributed by atoms with Crippen molar-refractivity contribution in [3.05, 3.63) is 46.2 Å². The third-order valence-electron chi connectivity index (χ3n) is 2.59. The van der Waals surface area contributed by atoms with Gasteiger partial charge in [0.1, 0.15) is 17.6 Å². The molecule has 0 fully saturated rings. The van der Waals surface area contributed by atoms with E-state index in [4.69, 9.17) is 9.47 Å². The molecule has 1 N–H and O–H groups in total. The first-order valence-electron chi connectivity index (χ1n) is 5.18. The van der Waals surface area contributed by atoms with E-state index in [1.54, 1.807) is 37.7 Å². The Kier molecular flexibility index (Phi) is 3.66. The van der Waals surface area contributed by atoms with Crippen LogP contribution in [0.5, 0.6) is 11.5 Å². The normalized spacial score (nSPS) is 12.2. The average Bonchev–Trinajstić information content (AvgIpc) is 2.91. The lowest BCUT2D eigenvalue weighted by atomic mass is 10.0. The fourth-order valence-corrected chi connectivity index (χ4v) is 2.34. The number of hydrogen-bond acceptors (Lipinski definition) is 4. The van der Waals surface area contributed by atoms with Crippen LogP contribution >= 0.6 is 11.3 Å². The van der Waals surface area contributed by atoms with Crippen molar-refractivity contribution in [1.29, 1.82) is 0 Å². The Morgan fingerprint density at radius 2 is 2.00 bits per heavy atom. The number of thiophene rings is 1. The van der Waals surface area contributed by atoms with Gasteiger partial charge in [0.15, 0.2) is 0 Å². The second kappa shape index (κ2) is 5.21. The van der Waals surface area contributed by atoms with Crippen LogP contribution in [0.25, 0.3) is 0 Å². The lowest BCUT2D eigenvalue weighted by Crippen LogP contribution is -2.01. The van der Waals surface area contributed by atoms with Gasteiger partial charge >= 0.3 is 0 Å². The fraction of sp³-hybridized carbons (Fsp3) is 0.231. The highest BCUT2D eigenvalue weighted by molar-refractivity contribution is 7.07. The van der Waals surface area contributed by atoms with E-state index in [1.807, 2.05) is 22.9 Å². The molecule has 3 nitrogen and oxygen atoms in total. The molecule has 4 heteroatoms. The van der Waals surface area contributed by atoms with Gasteiger partial charge in [0.25, 0.3) is 0 Å². The first-order valence-corrected chi connectivity index (χ1v) is 6.12. The molecular weight excluding hydrogens is 236 g/mol. The Bertz CT molecular complexity index is 479. The Hall–Kier alpha value is -1.52. The third kappa shape index (κ3) is 2.43. The van der Waals surface area contributed by atoms with Gasteiger partial charge < -0.3 is 14.6 Å². The molecule has 0 unspecified atom stereocenters. The summed E-state index contributed by atoms with van der Waals surface area (Å²) in [5, 5.41) is 14.1. The van der Waals surface area contributed by atoms with E-state index < -0.39 is 6.10 Å². The number of aliphatic hydroxyl groups is 1. The molecule has 0 saturated carbocycles. The van der Waals surface area contributed by atoms with Crippen LogP contribution < -0.4 is 9.47 Å². The molecule has 17 heavy (non-hydrogen) atoms. The zero-order valence-corrected chi connectivity index (χ0v) is 10.5. The van der Waals surface area contributed by atoms with Crippen molar-refractivity contribution in [1.82, 2.24) is 0 Å². The van der Waals surface area contributed by atoms with Gasteiger partial charge in [0.05, 0.1) is 14.2 Å². The summed E-state index contributed by atoms with van der Waals surface area (Å²) < 4.78 is 10.4. The second-order valence-corrected chi connectivity index (χ2v) is 4.35. The number of benzene rings is 1. The summed E-state index contributed by atoms with van der Waals surface area (Å²) in [7, 11) is 3.19. The lowest BCUT2D eigenvalue weighted by Gasteiger charge is -2.15. The van der Waals surface area contributed by atoms with Gasteiger partial charge in [-0.1, -0.05) is 0 Å². The summed E-state index contributed by atoms with van der Waals surface area (Å²) >= 11 is 1.55. The van der Waals surface area contributed by atoms with Gasteiger partial charge in [-0.3, -0.25) is 0 Å². The number of hydrogen-bond donors (Lipinski definition) is 1. The molecule has 1 heterocycles. The van der Waals surface area contributed by atoms with Crippen LogP contribution in [0, 0.1) is 0 Å². The zero-order valence-electron chi connectivity index (χ0n) is 9.71. The highest BCUT2D eigenvalue weighted by Crippen LogP contribution is 2.33. The van der Waals surface area contributed by atoms with E-state index >= 15 is 0 Å². The molecule has 0 spiro atoms. The molecule has 0 aliphatic carbocycles. The highest BCUT2D eigenvalue weighted by Gasteiger charge is 2.16. The molecule has 2 rings (SSSR count). The molecule has 1 aromatic heterocycles. The average molecular weight is 250 g/mol. The van der Waals surface area contributed by atoms with Crippen molar-refractivity contribution in [2.75, 3.05) is 14.2 Å². The summed E-state index contributed by atoms with van der Waals surface area (Å²) in [6.07, 6.45) is -0.689. The maximum absolute atomic E-state index is 10.3. The van der Waals surface area contributed by atoms with Gasteiger partial charge in [0.2, 0.25) is 0 Å². The molecule has 0 aliphatic rings. The van der Waals surface area contributed by atoms with Crippen molar-refractivity contribution in [2.24, 2.45) is 0 Å². The summed E-state index contributed by atoms with van der Waals surface area (Å²) in [5.41, 5.74) is 1.58. The quantitative estimate of drug-likeness (QED) is 0.906. The van der Waals surface area contributed by atoms with E-state index in [9.17, 15) is 5.11 Å². The van der Waals surface area contributed by atoms with Crippen molar-refractivity contribution in [3.63, 3.8) is 0 Å². The largest absolute Gasteiger partial charge is 0.497 e. The van der Waals surface area contributed by atoms with Crippen LogP contribution in [0.3, 0.4) is 0 Å². The minimum absolute atomic E-state index is 0.657. The summed E-state index contributed by atoms with van der Waals surface area (Å²) in [6, 6.07) is 7.29. The lowest BCUT2D eigenvalue weighted by molar-refractivity contribution is 0.214. The van der Waals surface area contributed by atoms with Crippen molar-refractivity contribution in [2.45, 2.75) is 6.10 Å². The molecule has 1 atom stereocenters. The van der Waals surface area contributed by atoms with E-state index in [0.29, 0.717) is 17.1 Å². The first kappa shape index (κ1) is 12.0. The van der Waals surface area contributed by atoms with E-state index in [-0.39, 0.29) is 0 Å². The fourth-order valence-electron chi connectivity index (χ4n) is 1.66. The molecule has 0 amide bonds. The van der Waals surface area contributed by atoms with Crippen molar-refractivity contribution < 1.29 is 14.6 Å². The number of aliphatic hydroxyl groups excluding tert-OH is 1. The van der Waals surface area contributed by atoms with Gasteiger partial charge in [-0.15, -0.1) is 0 Å². The maximum atomic E-state index is 10.3. The molecule has 0 aliphatic heterocycles. The standard InChI is InChI=1S/C13H14O3S/c1-15-10-3-4-12(16-2)11(7-10)13(14)9-5-6-17-8-9/h3-8,13-14H,1-2H3/t13-/m1/s1. The molecule has 0 saturated heterocycles. The number of rotatable bonds is 4. The topological polar surface area (TPSA) is 38.7 Å². The molecular formula is C13H14O3S. The summed E-state index contributed by atoms with van der Waals surface area (Å²) in [6.45, 7) is 0. The maximum Gasteiger partial charge on any atom is 0.125 e. The van der Waals surface area contributed by atoms with Crippen molar-refractivity contribution in [3.8, 4) is 11.5 Å². The van der Waals surface area contributed by atoms with Gasteiger partial charge in [0, 0.05) is 5.56 Å². The Morgan fingerprint density at radius 1 is 1.18 bits per heavy atom. The minimum atomic E-state index is -0.689. The zero-order chi connectivity index (χ0) is 12.3. The minimum Gasteiger partial charge on any atom is -0.497 e. The molecule has 1 aromatic carbocycles. The van der Waals surface area contributed by atoms with Gasteiger partial charge in [-0.2, -0.15) is 11.3 Å². The van der Waals surface area contributed by atoms with Crippen molar-refractivity contribution >= 4 is 11.3 Å². The second-order valence-electron chi connectivity index (χ2n) is 3.57. The Labute approximate surface area is 104 Å². The van der Waals surface area contributed by atoms with Crippen LogP contribution in [0.2, 0.25) is 0 Å². The van der Waals surface area contributed by atoms with Gasteiger partial charge in [-0.05, 0) is 40.6 Å². The van der Waals surface area contributed by atoms with Gasteiger partial charge in [-0.25, -0.2) is 0 Å². The van der Waals surface area contributed by atoms with Crippen LogP contribution in [-0.4, -0.2) is 19.3 Å². The first-order chi connectivity index (χ1) is 8.26. The number of ether oxygens (including phenoxy) is 2. The van der Waals surface area contributed by atoms with Crippen LogP contribution in [0.1, 0.15) is 17.2 Å². The smallest absolute Gasteiger partial charge is 0.125 e.